The molecule has 0 aromatic carbocycles. The number of anilines is 1. The molecule has 2 rings (SSSR count). The molecule has 20 heavy (non-hydrogen) atoms. The molecule has 0 aliphatic carbocycles. The number of amides is 1. The number of ether oxygens (including phenoxy) is 1. The minimum atomic E-state index is -0.216. The number of hydrogen-bond acceptors (Lipinski definition) is 5. The lowest BCUT2D eigenvalue weighted by Crippen LogP contribution is -2.42. The predicted molar refractivity (Wildman–Crippen MR) is 79.7 cm³/mol. The lowest BCUT2D eigenvalue weighted by Gasteiger charge is -2.31. The number of likely N-dealkylation sites (tertiary alicyclic amines) is 1. The molecule has 0 unspecified atom stereocenters. The summed E-state index contributed by atoms with van der Waals surface area (Å²) >= 11 is 3.36. The quantitative estimate of drug-likeness (QED) is 0.855. The molecule has 0 atom stereocenters. The Bertz CT molecular complexity index is 455. The van der Waals surface area contributed by atoms with Crippen LogP contribution in [0.2, 0.25) is 0 Å². The number of nitrogens with zero attached hydrogens (tertiary/aromatic N) is 3. The molecule has 0 radical (unpaired) electrons. The summed E-state index contributed by atoms with van der Waals surface area (Å²) in [5.74, 6) is 1.55. The van der Waals surface area contributed by atoms with Crippen LogP contribution in [0.3, 0.4) is 0 Å². The molecule has 1 aliphatic heterocycles. The number of piperidine rings is 1. The normalized spacial score (nSPS) is 16.1. The lowest BCUT2D eigenvalue weighted by atomic mass is 10.1. The van der Waals surface area contributed by atoms with E-state index in [0.717, 1.165) is 29.1 Å². The zero-order valence-electron chi connectivity index (χ0n) is 11.7. The van der Waals surface area contributed by atoms with Crippen LogP contribution in [0.15, 0.2) is 10.7 Å². The number of aromatic nitrogens is 2. The highest BCUT2D eigenvalue weighted by Crippen LogP contribution is 2.18. The molecule has 7 heteroatoms. The molecular formula is C13H19BrN4O2. The fraction of sp³-hybridized carbons (Fsp3) is 0.615. The van der Waals surface area contributed by atoms with Crippen LogP contribution < -0.4 is 5.32 Å². The van der Waals surface area contributed by atoms with Gasteiger partial charge in [-0.25, -0.2) is 14.8 Å². The van der Waals surface area contributed by atoms with E-state index in [0.29, 0.717) is 25.7 Å². The molecule has 1 aromatic heterocycles. The number of hydrogen-bond donors (Lipinski definition) is 1. The third-order valence-electron chi connectivity index (χ3n) is 3.18. The van der Waals surface area contributed by atoms with E-state index in [1.54, 1.807) is 4.90 Å². The lowest BCUT2D eigenvalue weighted by molar-refractivity contribution is 0.0983. The van der Waals surface area contributed by atoms with Crippen LogP contribution in [0, 0.1) is 6.92 Å². The van der Waals surface area contributed by atoms with Crippen molar-refractivity contribution in [1.82, 2.24) is 14.9 Å². The topological polar surface area (TPSA) is 67.3 Å². The molecule has 110 valence electrons. The minimum Gasteiger partial charge on any atom is -0.450 e. The summed E-state index contributed by atoms with van der Waals surface area (Å²) in [5.41, 5.74) is 0. The third kappa shape index (κ3) is 4.06. The van der Waals surface area contributed by atoms with Crippen molar-refractivity contribution in [3.63, 3.8) is 0 Å². The Hall–Kier alpha value is -1.37. The summed E-state index contributed by atoms with van der Waals surface area (Å²) in [5, 5.41) is 3.39. The summed E-state index contributed by atoms with van der Waals surface area (Å²) in [6, 6.07) is 2.19. The summed E-state index contributed by atoms with van der Waals surface area (Å²) < 4.78 is 5.78. The Labute approximate surface area is 127 Å². The van der Waals surface area contributed by atoms with Gasteiger partial charge in [0.05, 0.1) is 6.61 Å². The van der Waals surface area contributed by atoms with Crippen LogP contribution in [0.1, 0.15) is 25.6 Å². The average molecular weight is 343 g/mol. The molecule has 6 nitrogen and oxygen atoms in total. The predicted octanol–water partition coefficient (Wildman–Crippen LogP) is 2.58. The van der Waals surface area contributed by atoms with Gasteiger partial charge in [-0.1, -0.05) is 0 Å². The van der Waals surface area contributed by atoms with Crippen molar-refractivity contribution >= 4 is 27.8 Å². The number of halogens is 1. The third-order valence-corrected chi connectivity index (χ3v) is 3.59. The Balaban J connectivity index is 1.86. The van der Waals surface area contributed by atoms with Crippen LogP contribution in [-0.2, 0) is 4.74 Å². The SMILES string of the molecule is CCOC(=O)N1CCC(Nc2cc(Br)nc(C)n2)CC1. The molecule has 0 bridgehead atoms. The number of nitrogens with one attached hydrogen (secondary N) is 1. The summed E-state index contributed by atoms with van der Waals surface area (Å²) in [4.78, 5) is 21.9. The van der Waals surface area contributed by atoms with Crippen molar-refractivity contribution in [1.29, 1.82) is 0 Å². The standard InChI is InChI=1S/C13H19BrN4O2/c1-3-20-13(19)18-6-4-10(5-7-18)17-12-8-11(14)15-9(2)16-12/h8,10H,3-7H2,1-2H3,(H,15,16,17). The van der Waals surface area contributed by atoms with Crippen LogP contribution in [0.5, 0.6) is 0 Å². The van der Waals surface area contributed by atoms with Crippen molar-refractivity contribution in [2.45, 2.75) is 32.7 Å². The fourth-order valence-electron chi connectivity index (χ4n) is 2.24. The van der Waals surface area contributed by atoms with Gasteiger partial charge in [0.2, 0.25) is 0 Å². The van der Waals surface area contributed by atoms with Crippen molar-refractivity contribution in [2.75, 3.05) is 25.0 Å². The zero-order chi connectivity index (χ0) is 14.5. The van der Waals surface area contributed by atoms with E-state index in [9.17, 15) is 4.79 Å². The maximum atomic E-state index is 11.6. The molecular weight excluding hydrogens is 324 g/mol. The molecule has 2 heterocycles. The molecule has 1 amide bonds. The largest absolute Gasteiger partial charge is 0.450 e. The van der Waals surface area contributed by atoms with Gasteiger partial charge in [0, 0.05) is 25.2 Å². The first-order chi connectivity index (χ1) is 9.58. The van der Waals surface area contributed by atoms with Gasteiger partial charge in [0.15, 0.2) is 0 Å². The van der Waals surface area contributed by atoms with Crippen LogP contribution in [-0.4, -0.2) is 46.7 Å². The molecule has 1 N–H and O–H groups in total. The highest BCUT2D eigenvalue weighted by Gasteiger charge is 2.23. The maximum Gasteiger partial charge on any atom is 0.409 e. The molecule has 1 saturated heterocycles. The summed E-state index contributed by atoms with van der Waals surface area (Å²) in [6.07, 6.45) is 1.56. The van der Waals surface area contributed by atoms with E-state index in [4.69, 9.17) is 4.74 Å². The first-order valence-corrected chi connectivity index (χ1v) is 7.57. The van der Waals surface area contributed by atoms with Gasteiger partial charge in [-0.05, 0) is 42.6 Å². The fourth-order valence-corrected chi connectivity index (χ4v) is 2.71. The monoisotopic (exact) mass is 342 g/mol. The average Bonchev–Trinajstić information content (AvgIpc) is 2.38. The number of aryl methyl sites for hydroxylation is 1. The summed E-state index contributed by atoms with van der Waals surface area (Å²) in [6.45, 7) is 5.52. The molecule has 1 fully saturated rings. The van der Waals surface area contributed by atoms with Crippen molar-refractivity contribution in [3.8, 4) is 0 Å². The van der Waals surface area contributed by atoms with Gasteiger partial charge in [0.25, 0.3) is 0 Å². The highest BCUT2D eigenvalue weighted by atomic mass is 79.9. The van der Waals surface area contributed by atoms with Gasteiger partial charge >= 0.3 is 6.09 Å². The minimum absolute atomic E-state index is 0.216. The van der Waals surface area contributed by atoms with Crippen LogP contribution >= 0.6 is 15.9 Å². The van der Waals surface area contributed by atoms with Gasteiger partial charge in [-0.3, -0.25) is 0 Å². The number of rotatable bonds is 3. The highest BCUT2D eigenvalue weighted by molar-refractivity contribution is 9.10. The second-order valence-corrected chi connectivity index (χ2v) is 5.54. The Kier molecular flexibility index (Phi) is 5.17. The zero-order valence-corrected chi connectivity index (χ0v) is 13.3. The number of carbonyl (C=O) groups is 1. The molecule has 0 spiro atoms. The van der Waals surface area contributed by atoms with Crippen LogP contribution in [0.4, 0.5) is 10.6 Å². The second kappa shape index (κ2) is 6.88. The molecule has 1 aliphatic rings. The van der Waals surface area contributed by atoms with Gasteiger partial charge < -0.3 is 15.0 Å². The Morgan fingerprint density at radius 3 is 2.80 bits per heavy atom. The van der Waals surface area contributed by atoms with Crippen LogP contribution in [0.25, 0.3) is 0 Å². The Morgan fingerprint density at radius 2 is 2.20 bits per heavy atom. The van der Waals surface area contributed by atoms with Crippen molar-refractivity contribution in [2.24, 2.45) is 0 Å². The van der Waals surface area contributed by atoms with E-state index in [-0.39, 0.29) is 6.09 Å². The van der Waals surface area contributed by atoms with E-state index in [1.165, 1.54) is 0 Å². The first kappa shape index (κ1) is 15.0. The maximum absolute atomic E-state index is 11.6. The van der Waals surface area contributed by atoms with Gasteiger partial charge in [-0.15, -0.1) is 0 Å². The number of carbonyl (C=O) groups excluding carboxylic acids is 1. The second-order valence-electron chi connectivity index (χ2n) is 4.73. The van der Waals surface area contributed by atoms with Crippen molar-refractivity contribution < 1.29 is 9.53 Å². The molecule has 1 aromatic rings. The smallest absolute Gasteiger partial charge is 0.409 e. The van der Waals surface area contributed by atoms with Crippen molar-refractivity contribution in [3.05, 3.63) is 16.5 Å². The van der Waals surface area contributed by atoms with E-state index < -0.39 is 0 Å². The summed E-state index contributed by atoms with van der Waals surface area (Å²) in [7, 11) is 0. The van der Waals surface area contributed by atoms with Gasteiger partial charge in [-0.2, -0.15) is 0 Å². The first-order valence-electron chi connectivity index (χ1n) is 6.78. The van der Waals surface area contributed by atoms with E-state index >= 15 is 0 Å². The van der Waals surface area contributed by atoms with Gasteiger partial charge in [0.1, 0.15) is 16.2 Å². The van der Waals surface area contributed by atoms with E-state index in [2.05, 4.69) is 31.2 Å². The van der Waals surface area contributed by atoms with E-state index in [1.807, 2.05) is 19.9 Å². The molecule has 0 saturated carbocycles. The Morgan fingerprint density at radius 1 is 1.50 bits per heavy atom.